The Morgan fingerprint density at radius 1 is 1.50 bits per heavy atom. The van der Waals surface area contributed by atoms with Crippen molar-refractivity contribution in [2.75, 3.05) is 18.4 Å². The van der Waals surface area contributed by atoms with Gasteiger partial charge in [0.1, 0.15) is 0 Å². The van der Waals surface area contributed by atoms with Crippen molar-refractivity contribution in [1.82, 2.24) is 9.88 Å². The molecule has 0 saturated heterocycles. The minimum atomic E-state index is 0.0929. The van der Waals surface area contributed by atoms with Gasteiger partial charge in [-0.05, 0) is 52.5 Å². The van der Waals surface area contributed by atoms with Crippen molar-refractivity contribution in [2.24, 2.45) is 5.92 Å². The summed E-state index contributed by atoms with van der Waals surface area (Å²) in [4.78, 5) is 19.1. The van der Waals surface area contributed by atoms with Crippen molar-refractivity contribution in [3.63, 3.8) is 0 Å². The number of amides is 1. The Labute approximate surface area is 121 Å². The molecule has 1 aliphatic carbocycles. The van der Waals surface area contributed by atoms with E-state index in [0.29, 0.717) is 11.5 Å². The maximum atomic E-state index is 12.8. The number of carbonyl (C=O) groups excluding carboxylic acids is 1. The molecule has 1 aromatic heterocycles. The molecule has 1 aliphatic rings. The van der Waals surface area contributed by atoms with E-state index in [0.717, 1.165) is 24.5 Å². The molecule has 110 valence electrons. The number of hydrogen-bond donors (Lipinski definition) is 1. The van der Waals surface area contributed by atoms with Gasteiger partial charge in [0.25, 0.3) is 5.91 Å². The number of rotatable bonds is 6. The van der Waals surface area contributed by atoms with Crippen LogP contribution >= 0.6 is 0 Å². The Hall–Kier alpha value is -1.58. The molecule has 2 rings (SSSR count). The summed E-state index contributed by atoms with van der Waals surface area (Å²) in [5.74, 6) is 0.790. The molecule has 1 aromatic rings. The van der Waals surface area contributed by atoms with Gasteiger partial charge in [0.2, 0.25) is 0 Å². The summed E-state index contributed by atoms with van der Waals surface area (Å²) in [6, 6.07) is 2.17. The first-order valence-electron chi connectivity index (χ1n) is 7.54. The Morgan fingerprint density at radius 2 is 2.20 bits per heavy atom. The predicted octanol–water partition coefficient (Wildman–Crippen LogP) is 3.08. The van der Waals surface area contributed by atoms with Gasteiger partial charge in [-0.3, -0.25) is 9.78 Å². The maximum absolute atomic E-state index is 12.8. The number of carbonyl (C=O) groups is 1. The summed E-state index contributed by atoms with van der Waals surface area (Å²) in [5, 5.41) is 3.27. The van der Waals surface area contributed by atoms with Crippen molar-refractivity contribution in [3.05, 3.63) is 23.5 Å². The second-order valence-corrected chi connectivity index (χ2v) is 5.90. The molecular formula is C16H25N3O. The molecule has 1 fully saturated rings. The van der Waals surface area contributed by atoms with Gasteiger partial charge in [0, 0.05) is 31.0 Å². The topological polar surface area (TPSA) is 45.2 Å². The molecule has 1 N–H and O–H groups in total. The third kappa shape index (κ3) is 3.50. The fraction of sp³-hybridized carbons (Fsp3) is 0.625. The SMILES string of the molecule is CCNc1cc(C)ncc1C(=O)N(CC1CC1)C(C)C. The lowest BCUT2D eigenvalue weighted by Gasteiger charge is -2.27. The lowest BCUT2D eigenvalue weighted by Crippen LogP contribution is -2.39. The van der Waals surface area contributed by atoms with Gasteiger partial charge in [-0.1, -0.05) is 0 Å². The van der Waals surface area contributed by atoms with E-state index in [-0.39, 0.29) is 11.9 Å². The fourth-order valence-electron chi connectivity index (χ4n) is 2.33. The molecule has 1 heterocycles. The van der Waals surface area contributed by atoms with Crippen LogP contribution in [0.25, 0.3) is 0 Å². The highest BCUT2D eigenvalue weighted by molar-refractivity contribution is 5.99. The Kier molecular flexibility index (Phi) is 4.63. The molecule has 20 heavy (non-hydrogen) atoms. The molecule has 0 unspecified atom stereocenters. The zero-order valence-corrected chi connectivity index (χ0v) is 12.9. The quantitative estimate of drug-likeness (QED) is 0.867. The Bertz CT molecular complexity index is 481. The predicted molar refractivity (Wildman–Crippen MR) is 82.0 cm³/mol. The standard InChI is InChI=1S/C16H25N3O/c1-5-17-15-8-12(4)18-9-14(15)16(20)19(11(2)3)10-13-6-7-13/h8-9,11,13H,5-7,10H2,1-4H3,(H,17,18). The molecule has 0 radical (unpaired) electrons. The molecule has 0 bridgehead atoms. The molecular weight excluding hydrogens is 250 g/mol. The van der Waals surface area contributed by atoms with E-state index in [2.05, 4.69) is 24.1 Å². The van der Waals surface area contributed by atoms with E-state index in [9.17, 15) is 4.79 Å². The van der Waals surface area contributed by atoms with Crippen LogP contribution in [-0.2, 0) is 0 Å². The zero-order valence-electron chi connectivity index (χ0n) is 12.9. The van der Waals surface area contributed by atoms with Crippen LogP contribution < -0.4 is 5.32 Å². The lowest BCUT2D eigenvalue weighted by atomic mass is 10.1. The van der Waals surface area contributed by atoms with E-state index in [4.69, 9.17) is 0 Å². The minimum Gasteiger partial charge on any atom is -0.385 e. The number of anilines is 1. The van der Waals surface area contributed by atoms with Crippen LogP contribution in [0.4, 0.5) is 5.69 Å². The summed E-state index contributed by atoms with van der Waals surface area (Å²) in [7, 11) is 0. The van der Waals surface area contributed by atoms with E-state index in [1.807, 2.05) is 24.8 Å². The van der Waals surface area contributed by atoms with Crippen molar-refractivity contribution in [1.29, 1.82) is 0 Å². The van der Waals surface area contributed by atoms with E-state index < -0.39 is 0 Å². The number of aryl methyl sites for hydroxylation is 1. The van der Waals surface area contributed by atoms with E-state index in [1.54, 1.807) is 6.20 Å². The average Bonchev–Trinajstić information content (AvgIpc) is 3.19. The molecule has 1 saturated carbocycles. The smallest absolute Gasteiger partial charge is 0.257 e. The first kappa shape index (κ1) is 14.8. The van der Waals surface area contributed by atoms with Gasteiger partial charge >= 0.3 is 0 Å². The third-order valence-electron chi connectivity index (χ3n) is 3.67. The van der Waals surface area contributed by atoms with Crippen LogP contribution in [0.3, 0.4) is 0 Å². The van der Waals surface area contributed by atoms with Crippen molar-refractivity contribution >= 4 is 11.6 Å². The molecule has 0 aromatic carbocycles. The molecule has 4 nitrogen and oxygen atoms in total. The van der Waals surface area contributed by atoms with Crippen LogP contribution in [-0.4, -0.2) is 34.9 Å². The second-order valence-electron chi connectivity index (χ2n) is 5.90. The first-order valence-corrected chi connectivity index (χ1v) is 7.54. The lowest BCUT2D eigenvalue weighted by molar-refractivity contribution is 0.0697. The van der Waals surface area contributed by atoms with Gasteiger partial charge < -0.3 is 10.2 Å². The zero-order chi connectivity index (χ0) is 14.7. The molecule has 0 spiro atoms. The van der Waals surface area contributed by atoms with Crippen LogP contribution in [0, 0.1) is 12.8 Å². The molecule has 0 aliphatic heterocycles. The number of hydrogen-bond acceptors (Lipinski definition) is 3. The fourth-order valence-corrected chi connectivity index (χ4v) is 2.33. The van der Waals surface area contributed by atoms with E-state index >= 15 is 0 Å². The van der Waals surface area contributed by atoms with Crippen molar-refractivity contribution in [2.45, 2.75) is 46.6 Å². The van der Waals surface area contributed by atoms with Crippen molar-refractivity contribution in [3.8, 4) is 0 Å². The van der Waals surface area contributed by atoms with Crippen LogP contribution in [0.2, 0.25) is 0 Å². The summed E-state index contributed by atoms with van der Waals surface area (Å²) in [6.07, 6.45) is 4.21. The normalized spacial score (nSPS) is 14.4. The number of nitrogens with zero attached hydrogens (tertiary/aromatic N) is 2. The summed E-state index contributed by atoms with van der Waals surface area (Å²) in [6.45, 7) is 9.81. The summed E-state index contributed by atoms with van der Waals surface area (Å²) in [5.41, 5.74) is 2.51. The monoisotopic (exact) mass is 275 g/mol. The Balaban J connectivity index is 2.25. The van der Waals surface area contributed by atoms with Gasteiger partial charge in [-0.25, -0.2) is 0 Å². The summed E-state index contributed by atoms with van der Waals surface area (Å²) < 4.78 is 0. The van der Waals surface area contributed by atoms with Gasteiger partial charge in [0.15, 0.2) is 0 Å². The second kappa shape index (κ2) is 6.25. The highest BCUT2D eigenvalue weighted by Gasteiger charge is 2.29. The van der Waals surface area contributed by atoms with Gasteiger partial charge in [-0.2, -0.15) is 0 Å². The molecule has 1 amide bonds. The molecule has 0 atom stereocenters. The first-order chi connectivity index (χ1) is 9.52. The maximum Gasteiger partial charge on any atom is 0.257 e. The number of aromatic nitrogens is 1. The van der Waals surface area contributed by atoms with Gasteiger partial charge in [0.05, 0.1) is 11.3 Å². The average molecular weight is 275 g/mol. The largest absolute Gasteiger partial charge is 0.385 e. The highest BCUT2D eigenvalue weighted by atomic mass is 16.2. The van der Waals surface area contributed by atoms with Crippen LogP contribution in [0.5, 0.6) is 0 Å². The number of nitrogens with one attached hydrogen (secondary N) is 1. The van der Waals surface area contributed by atoms with Crippen LogP contribution in [0.1, 0.15) is 49.7 Å². The van der Waals surface area contributed by atoms with Crippen molar-refractivity contribution < 1.29 is 4.79 Å². The Morgan fingerprint density at radius 3 is 2.75 bits per heavy atom. The summed E-state index contributed by atoms with van der Waals surface area (Å²) >= 11 is 0. The van der Waals surface area contributed by atoms with E-state index in [1.165, 1.54) is 12.8 Å². The van der Waals surface area contributed by atoms with Gasteiger partial charge in [-0.15, -0.1) is 0 Å². The number of pyridine rings is 1. The minimum absolute atomic E-state index is 0.0929. The highest BCUT2D eigenvalue weighted by Crippen LogP contribution is 2.31. The molecule has 4 heteroatoms. The third-order valence-corrected chi connectivity index (χ3v) is 3.67. The van der Waals surface area contributed by atoms with Crippen LogP contribution in [0.15, 0.2) is 12.3 Å².